The molecule has 0 spiro atoms. The average Bonchev–Trinajstić information content (AvgIpc) is 2.75. The molecular weight excluding hydrogens is 216 g/mol. The van der Waals surface area contributed by atoms with Crippen LogP contribution in [0.2, 0.25) is 0 Å². The van der Waals surface area contributed by atoms with E-state index in [0.717, 1.165) is 5.56 Å². The van der Waals surface area contributed by atoms with E-state index in [9.17, 15) is 4.79 Å². The minimum absolute atomic E-state index is 0.143. The van der Waals surface area contributed by atoms with Gasteiger partial charge in [0.15, 0.2) is 0 Å². The van der Waals surface area contributed by atoms with E-state index in [4.69, 9.17) is 5.73 Å². The Morgan fingerprint density at radius 3 is 2.82 bits per heavy atom. The summed E-state index contributed by atoms with van der Waals surface area (Å²) in [7, 11) is 1.59. The average molecular weight is 230 g/mol. The summed E-state index contributed by atoms with van der Waals surface area (Å²) in [5.74, 6) is -0.143. The summed E-state index contributed by atoms with van der Waals surface area (Å²) in [4.78, 5) is 11.5. The maximum atomic E-state index is 11.5. The predicted molar refractivity (Wildman–Crippen MR) is 66.1 cm³/mol. The zero-order valence-corrected chi connectivity index (χ0v) is 9.77. The van der Waals surface area contributed by atoms with Crippen molar-refractivity contribution < 1.29 is 4.79 Å². The number of aromatic nitrogens is 2. The number of anilines is 1. The number of rotatable bonds is 2. The quantitative estimate of drug-likeness (QED) is 0.759. The summed E-state index contributed by atoms with van der Waals surface area (Å²) < 4.78 is 1.66. The molecule has 5 nitrogen and oxygen atoms in total. The minimum atomic E-state index is -0.143. The molecule has 88 valence electrons. The second kappa shape index (κ2) is 4.29. The third-order valence-corrected chi connectivity index (χ3v) is 2.48. The highest BCUT2D eigenvalue weighted by Crippen LogP contribution is 2.18. The fraction of sp³-hybridized carbons (Fsp3) is 0.167. The SMILES string of the molecule is CNC(=O)c1ccc(N)c(-n2cc(C)cn2)c1. The van der Waals surface area contributed by atoms with Gasteiger partial charge in [-0.3, -0.25) is 4.79 Å². The van der Waals surface area contributed by atoms with Gasteiger partial charge in [-0.25, -0.2) is 4.68 Å². The first kappa shape index (κ1) is 11.2. The van der Waals surface area contributed by atoms with Crippen molar-refractivity contribution in [3.05, 3.63) is 41.7 Å². The summed E-state index contributed by atoms with van der Waals surface area (Å²) in [6.45, 7) is 1.95. The van der Waals surface area contributed by atoms with Gasteiger partial charge in [0.25, 0.3) is 5.91 Å². The summed E-state index contributed by atoms with van der Waals surface area (Å²) in [5.41, 5.74) is 8.77. The summed E-state index contributed by atoms with van der Waals surface area (Å²) in [5, 5.41) is 6.75. The van der Waals surface area contributed by atoms with E-state index in [1.807, 2.05) is 13.1 Å². The van der Waals surface area contributed by atoms with Crippen molar-refractivity contribution in [3.63, 3.8) is 0 Å². The molecule has 0 aliphatic rings. The van der Waals surface area contributed by atoms with Crippen LogP contribution in [0.4, 0.5) is 5.69 Å². The van der Waals surface area contributed by atoms with Gasteiger partial charge in [-0.15, -0.1) is 0 Å². The molecule has 3 N–H and O–H groups in total. The van der Waals surface area contributed by atoms with E-state index < -0.39 is 0 Å². The topological polar surface area (TPSA) is 72.9 Å². The zero-order chi connectivity index (χ0) is 12.4. The molecule has 0 bridgehead atoms. The van der Waals surface area contributed by atoms with Crippen LogP contribution in [0.25, 0.3) is 5.69 Å². The molecule has 0 saturated carbocycles. The van der Waals surface area contributed by atoms with E-state index in [1.165, 1.54) is 0 Å². The molecule has 0 aliphatic carbocycles. The van der Waals surface area contributed by atoms with Gasteiger partial charge in [-0.1, -0.05) is 0 Å². The molecule has 1 aromatic carbocycles. The van der Waals surface area contributed by atoms with E-state index >= 15 is 0 Å². The Hall–Kier alpha value is -2.30. The largest absolute Gasteiger partial charge is 0.397 e. The molecule has 1 amide bonds. The zero-order valence-electron chi connectivity index (χ0n) is 9.77. The Morgan fingerprint density at radius 1 is 1.47 bits per heavy atom. The molecule has 5 heteroatoms. The number of carbonyl (C=O) groups is 1. The van der Waals surface area contributed by atoms with Crippen LogP contribution in [-0.2, 0) is 0 Å². The molecule has 0 radical (unpaired) electrons. The van der Waals surface area contributed by atoms with Crippen LogP contribution in [0.3, 0.4) is 0 Å². The fourth-order valence-electron chi connectivity index (χ4n) is 1.57. The number of nitrogens with one attached hydrogen (secondary N) is 1. The highest BCUT2D eigenvalue weighted by molar-refractivity contribution is 5.95. The Balaban J connectivity index is 2.49. The maximum absolute atomic E-state index is 11.5. The molecule has 1 aromatic heterocycles. The van der Waals surface area contributed by atoms with Gasteiger partial charge in [-0.05, 0) is 30.7 Å². The lowest BCUT2D eigenvalue weighted by Gasteiger charge is -2.07. The summed E-state index contributed by atoms with van der Waals surface area (Å²) >= 11 is 0. The summed E-state index contributed by atoms with van der Waals surface area (Å²) in [6.07, 6.45) is 3.60. The molecule has 0 aliphatic heterocycles. The fourth-order valence-corrected chi connectivity index (χ4v) is 1.57. The number of carbonyl (C=O) groups excluding carboxylic acids is 1. The van der Waals surface area contributed by atoms with Crippen molar-refractivity contribution in [2.24, 2.45) is 0 Å². The lowest BCUT2D eigenvalue weighted by Crippen LogP contribution is -2.18. The van der Waals surface area contributed by atoms with Crippen LogP contribution in [0.1, 0.15) is 15.9 Å². The number of hydrogen-bond donors (Lipinski definition) is 2. The van der Waals surface area contributed by atoms with Crippen LogP contribution in [0, 0.1) is 6.92 Å². The maximum Gasteiger partial charge on any atom is 0.251 e. The number of amides is 1. The third kappa shape index (κ3) is 2.13. The summed E-state index contributed by atoms with van der Waals surface area (Å²) in [6, 6.07) is 5.12. The standard InChI is InChI=1S/C12H14N4O/c1-8-6-15-16(7-8)11-5-9(12(17)14-2)3-4-10(11)13/h3-7H,13H2,1-2H3,(H,14,17). The first-order chi connectivity index (χ1) is 8.11. The van der Waals surface area contributed by atoms with Crippen molar-refractivity contribution >= 4 is 11.6 Å². The van der Waals surface area contributed by atoms with Gasteiger partial charge in [0.05, 0.1) is 17.6 Å². The highest BCUT2D eigenvalue weighted by Gasteiger charge is 2.08. The van der Waals surface area contributed by atoms with Crippen LogP contribution in [0.15, 0.2) is 30.6 Å². The molecule has 17 heavy (non-hydrogen) atoms. The van der Waals surface area contributed by atoms with Crippen LogP contribution >= 0.6 is 0 Å². The predicted octanol–water partition coefficient (Wildman–Crippen LogP) is 1.12. The number of aryl methyl sites for hydroxylation is 1. The monoisotopic (exact) mass is 230 g/mol. The molecule has 2 rings (SSSR count). The van der Waals surface area contributed by atoms with E-state index in [1.54, 1.807) is 36.1 Å². The minimum Gasteiger partial charge on any atom is -0.397 e. The smallest absolute Gasteiger partial charge is 0.251 e. The molecule has 0 unspecified atom stereocenters. The molecular formula is C12H14N4O. The van der Waals surface area contributed by atoms with Gasteiger partial charge < -0.3 is 11.1 Å². The van der Waals surface area contributed by atoms with Crippen LogP contribution < -0.4 is 11.1 Å². The Morgan fingerprint density at radius 2 is 2.24 bits per heavy atom. The highest BCUT2D eigenvalue weighted by atomic mass is 16.1. The van der Waals surface area contributed by atoms with Gasteiger partial charge in [0.1, 0.15) is 0 Å². The van der Waals surface area contributed by atoms with E-state index in [0.29, 0.717) is 16.9 Å². The third-order valence-electron chi connectivity index (χ3n) is 2.48. The number of benzene rings is 1. The second-order valence-corrected chi connectivity index (χ2v) is 3.81. The van der Waals surface area contributed by atoms with Crippen LogP contribution in [0.5, 0.6) is 0 Å². The van der Waals surface area contributed by atoms with Gasteiger partial charge in [-0.2, -0.15) is 5.10 Å². The van der Waals surface area contributed by atoms with Gasteiger partial charge >= 0.3 is 0 Å². The first-order valence-electron chi connectivity index (χ1n) is 5.25. The Labute approximate surface area is 99.2 Å². The lowest BCUT2D eigenvalue weighted by molar-refractivity contribution is 0.0963. The van der Waals surface area contributed by atoms with Gasteiger partial charge in [0, 0.05) is 18.8 Å². The van der Waals surface area contributed by atoms with Crippen molar-refractivity contribution in [2.75, 3.05) is 12.8 Å². The first-order valence-corrected chi connectivity index (χ1v) is 5.25. The number of nitrogens with zero attached hydrogens (tertiary/aromatic N) is 2. The Kier molecular flexibility index (Phi) is 2.82. The molecule has 0 fully saturated rings. The van der Waals surface area contributed by atoms with Crippen molar-refractivity contribution in [2.45, 2.75) is 6.92 Å². The van der Waals surface area contributed by atoms with E-state index in [-0.39, 0.29) is 5.91 Å². The van der Waals surface area contributed by atoms with Crippen molar-refractivity contribution in [1.82, 2.24) is 15.1 Å². The normalized spacial score (nSPS) is 10.2. The van der Waals surface area contributed by atoms with Crippen LogP contribution in [-0.4, -0.2) is 22.7 Å². The molecule has 1 heterocycles. The molecule has 0 atom stereocenters. The number of nitrogens with two attached hydrogens (primary N) is 1. The Bertz CT molecular complexity index is 559. The molecule has 0 saturated heterocycles. The lowest BCUT2D eigenvalue weighted by atomic mass is 10.1. The number of nitrogen functional groups attached to an aromatic ring is 1. The number of hydrogen-bond acceptors (Lipinski definition) is 3. The van der Waals surface area contributed by atoms with Crippen molar-refractivity contribution in [1.29, 1.82) is 0 Å². The molecule has 2 aromatic rings. The van der Waals surface area contributed by atoms with Gasteiger partial charge in [0.2, 0.25) is 0 Å². The van der Waals surface area contributed by atoms with Crippen molar-refractivity contribution in [3.8, 4) is 5.69 Å². The second-order valence-electron chi connectivity index (χ2n) is 3.81. The van der Waals surface area contributed by atoms with E-state index in [2.05, 4.69) is 10.4 Å².